The first-order valence-electron chi connectivity index (χ1n) is 10.3. The number of carbonyl (C=O) groups excluding carboxylic acids is 1. The third-order valence-corrected chi connectivity index (χ3v) is 7.22. The van der Waals surface area contributed by atoms with E-state index in [0.717, 1.165) is 54.3 Å². The van der Waals surface area contributed by atoms with Crippen molar-refractivity contribution < 1.29 is 9.53 Å². The Labute approximate surface area is 167 Å². The fourth-order valence-corrected chi connectivity index (χ4v) is 4.65. The number of nitrogens with zero attached hydrogens (tertiary/aromatic N) is 4. The van der Waals surface area contributed by atoms with Crippen LogP contribution in [0, 0.1) is 0 Å². The number of hydrogen-bond donors (Lipinski definition) is 1. The van der Waals surface area contributed by atoms with Crippen molar-refractivity contribution in [3.05, 3.63) is 24.0 Å². The van der Waals surface area contributed by atoms with Crippen LogP contribution in [0.2, 0.25) is 25.7 Å². The summed E-state index contributed by atoms with van der Waals surface area (Å²) in [6.07, 6.45) is 7.25. The zero-order valence-electron chi connectivity index (χ0n) is 17.2. The third-order valence-electron chi connectivity index (χ3n) is 5.52. The molecule has 4 heterocycles. The number of hydrazine groups is 1. The summed E-state index contributed by atoms with van der Waals surface area (Å²) in [5.74, 6) is 0. The lowest BCUT2D eigenvalue weighted by Crippen LogP contribution is -2.57. The zero-order chi connectivity index (χ0) is 19.7. The minimum Gasteiger partial charge on any atom is -0.361 e. The summed E-state index contributed by atoms with van der Waals surface area (Å²) in [5, 5.41) is 5.10. The van der Waals surface area contributed by atoms with Gasteiger partial charge in [0.2, 0.25) is 0 Å². The van der Waals surface area contributed by atoms with Crippen LogP contribution in [0.3, 0.4) is 0 Å². The van der Waals surface area contributed by atoms with Crippen LogP contribution in [0.25, 0.3) is 11.0 Å². The van der Waals surface area contributed by atoms with Crippen LogP contribution in [0.1, 0.15) is 24.8 Å². The van der Waals surface area contributed by atoms with Gasteiger partial charge in [-0.1, -0.05) is 26.1 Å². The number of aromatic nitrogens is 2. The number of urea groups is 1. The van der Waals surface area contributed by atoms with Crippen LogP contribution in [-0.4, -0.2) is 60.4 Å². The van der Waals surface area contributed by atoms with Crippen molar-refractivity contribution in [2.75, 3.05) is 31.4 Å². The molecular weight excluding hydrogens is 370 g/mol. The molecule has 0 bridgehead atoms. The second kappa shape index (κ2) is 7.85. The van der Waals surface area contributed by atoms with Gasteiger partial charge in [-0.15, -0.1) is 0 Å². The molecule has 1 N–H and O–H groups in total. The highest BCUT2D eigenvalue weighted by Crippen LogP contribution is 2.36. The molecule has 1 saturated heterocycles. The number of hydrogen-bond acceptors (Lipinski definition) is 4. The van der Waals surface area contributed by atoms with Crippen molar-refractivity contribution in [1.29, 1.82) is 0 Å². The van der Waals surface area contributed by atoms with Crippen LogP contribution < -0.4 is 5.01 Å². The van der Waals surface area contributed by atoms with Crippen molar-refractivity contribution in [2.24, 2.45) is 0 Å². The van der Waals surface area contributed by atoms with Crippen LogP contribution in [0.5, 0.6) is 0 Å². The average molecular weight is 402 g/mol. The molecule has 0 spiro atoms. The largest absolute Gasteiger partial charge is 0.361 e. The fourth-order valence-electron chi connectivity index (χ4n) is 3.90. The van der Waals surface area contributed by atoms with Gasteiger partial charge in [-0.2, -0.15) is 0 Å². The molecule has 2 aliphatic rings. The molecule has 0 aliphatic carbocycles. The van der Waals surface area contributed by atoms with E-state index in [-0.39, 0.29) is 6.03 Å². The molecule has 2 aromatic rings. The molecule has 0 aromatic carbocycles. The number of amides is 2. The van der Waals surface area contributed by atoms with Gasteiger partial charge in [-0.05, 0) is 25.0 Å². The van der Waals surface area contributed by atoms with Gasteiger partial charge in [0.05, 0.1) is 12.2 Å². The minimum absolute atomic E-state index is 0.0103. The highest BCUT2D eigenvalue weighted by atomic mass is 28.3. The normalized spacial score (nSPS) is 18.8. The zero-order valence-corrected chi connectivity index (χ0v) is 18.2. The molecular formula is C20H31N5O2Si. The van der Waals surface area contributed by atoms with Crippen LogP contribution in [-0.2, 0) is 11.3 Å². The summed E-state index contributed by atoms with van der Waals surface area (Å²) < 4.78 is 5.91. The number of anilines is 1. The molecule has 8 heteroatoms. The van der Waals surface area contributed by atoms with Gasteiger partial charge in [0.1, 0.15) is 12.4 Å². The van der Waals surface area contributed by atoms with Gasteiger partial charge in [-0.3, -0.25) is 4.90 Å². The molecule has 1 fully saturated rings. The van der Waals surface area contributed by atoms with E-state index in [2.05, 4.69) is 34.6 Å². The summed E-state index contributed by atoms with van der Waals surface area (Å²) in [4.78, 5) is 23.0. The Bertz CT molecular complexity index is 841. The standard InChI is InChI=1S/C20H31N5O2Si/c1-28(2,3)12-11-27-15-23-14-16-13-22-19-17(7-8-21-19)18(16)25(20(23)26)24-9-5-4-6-10-24/h7-8,13H,4-6,9-12,14-15H2,1-3H3,(H,21,22). The maximum Gasteiger partial charge on any atom is 0.341 e. The SMILES string of the molecule is C[Si](C)(C)CCOCN1Cc2cnc3[nH]ccc3c2N(N2CCCCC2)C1=O. The monoisotopic (exact) mass is 401 g/mol. The first kappa shape index (κ1) is 19.4. The lowest BCUT2D eigenvalue weighted by Gasteiger charge is -2.43. The fraction of sp³-hybridized carbons (Fsp3) is 0.600. The number of ether oxygens (including phenoxy) is 1. The Hall–Kier alpha value is -1.90. The number of nitrogens with one attached hydrogen (secondary N) is 1. The van der Waals surface area contributed by atoms with E-state index in [0.29, 0.717) is 19.9 Å². The molecule has 2 aromatic heterocycles. The molecule has 2 aliphatic heterocycles. The predicted octanol–water partition coefficient (Wildman–Crippen LogP) is 4.02. The van der Waals surface area contributed by atoms with E-state index in [4.69, 9.17) is 4.74 Å². The second-order valence-electron chi connectivity index (χ2n) is 9.03. The van der Waals surface area contributed by atoms with E-state index in [1.165, 1.54) is 6.42 Å². The average Bonchev–Trinajstić information content (AvgIpc) is 3.14. The number of rotatable bonds is 6. The highest BCUT2D eigenvalue weighted by molar-refractivity contribution is 6.76. The summed E-state index contributed by atoms with van der Waals surface area (Å²) >= 11 is 0. The van der Waals surface area contributed by atoms with Crippen molar-refractivity contribution in [3.8, 4) is 0 Å². The summed E-state index contributed by atoms with van der Waals surface area (Å²) in [6.45, 7) is 10.4. The molecule has 4 rings (SSSR count). The molecule has 0 saturated carbocycles. The van der Waals surface area contributed by atoms with Crippen molar-refractivity contribution >= 4 is 30.8 Å². The lowest BCUT2D eigenvalue weighted by atomic mass is 10.1. The summed E-state index contributed by atoms with van der Waals surface area (Å²) in [5.41, 5.74) is 2.89. The van der Waals surface area contributed by atoms with Gasteiger partial charge < -0.3 is 9.72 Å². The minimum atomic E-state index is -1.14. The lowest BCUT2D eigenvalue weighted by molar-refractivity contribution is 0.0443. The Kier molecular flexibility index (Phi) is 5.44. The number of piperidine rings is 1. The van der Waals surface area contributed by atoms with Crippen molar-refractivity contribution in [2.45, 2.75) is 51.5 Å². The van der Waals surface area contributed by atoms with E-state index in [9.17, 15) is 4.79 Å². The topological polar surface area (TPSA) is 64.7 Å². The smallest absolute Gasteiger partial charge is 0.341 e. The Balaban J connectivity index is 1.59. The highest BCUT2D eigenvalue weighted by Gasteiger charge is 2.36. The van der Waals surface area contributed by atoms with Gasteiger partial charge in [-0.25, -0.2) is 19.8 Å². The van der Waals surface area contributed by atoms with E-state index < -0.39 is 8.07 Å². The molecule has 0 atom stereocenters. The van der Waals surface area contributed by atoms with Gasteiger partial charge >= 0.3 is 6.03 Å². The molecule has 0 unspecified atom stereocenters. The third kappa shape index (κ3) is 3.94. The van der Waals surface area contributed by atoms with Crippen LogP contribution in [0.4, 0.5) is 10.5 Å². The number of carbonyl (C=O) groups is 1. The van der Waals surface area contributed by atoms with Gasteiger partial charge in [0.25, 0.3) is 0 Å². The van der Waals surface area contributed by atoms with Gasteiger partial charge in [0.15, 0.2) is 0 Å². The number of aromatic amines is 1. The molecule has 0 radical (unpaired) electrons. The number of H-pyrrole nitrogens is 1. The maximum atomic E-state index is 13.5. The maximum absolute atomic E-state index is 13.5. The number of pyridine rings is 1. The Morgan fingerprint density at radius 3 is 2.75 bits per heavy atom. The first-order chi connectivity index (χ1) is 13.4. The Morgan fingerprint density at radius 2 is 2.00 bits per heavy atom. The predicted molar refractivity (Wildman–Crippen MR) is 114 cm³/mol. The Morgan fingerprint density at radius 1 is 1.21 bits per heavy atom. The van der Waals surface area contributed by atoms with E-state index >= 15 is 0 Å². The van der Waals surface area contributed by atoms with E-state index in [1.807, 2.05) is 23.5 Å². The van der Waals surface area contributed by atoms with Crippen LogP contribution >= 0.6 is 0 Å². The summed E-state index contributed by atoms with van der Waals surface area (Å²) in [6, 6.07) is 3.13. The molecule has 28 heavy (non-hydrogen) atoms. The number of fused-ring (bicyclic) bond motifs is 3. The summed E-state index contributed by atoms with van der Waals surface area (Å²) in [7, 11) is -1.14. The molecule has 7 nitrogen and oxygen atoms in total. The molecule has 2 amide bonds. The first-order valence-corrected chi connectivity index (χ1v) is 14.0. The van der Waals surface area contributed by atoms with Crippen molar-refractivity contribution in [1.82, 2.24) is 19.9 Å². The van der Waals surface area contributed by atoms with E-state index in [1.54, 1.807) is 4.90 Å². The second-order valence-corrected chi connectivity index (χ2v) is 14.6. The van der Waals surface area contributed by atoms with Crippen molar-refractivity contribution in [3.63, 3.8) is 0 Å². The van der Waals surface area contributed by atoms with Crippen LogP contribution in [0.15, 0.2) is 18.5 Å². The van der Waals surface area contributed by atoms with Gasteiger partial charge in [0, 0.05) is 51.1 Å². The quantitative estimate of drug-likeness (QED) is 0.586. The molecule has 152 valence electrons.